The van der Waals surface area contributed by atoms with E-state index < -0.39 is 0 Å². The number of aromatic nitrogens is 3. The molecule has 0 aliphatic carbocycles. The van der Waals surface area contributed by atoms with Crippen LogP contribution in [0.3, 0.4) is 0 Å². The van der Waals surface area contributed by atoms with Gasteiger partial charge in [0.1, 0.15) is 22.3 Å². The fourth-order valence-corrected chi connectivity index (χ4v) is 6.95. The van der Waals surface area contributed by atoms with Crippen LogP contribution >= 0.6 is 0 Å². The first-order valence-corrected chi connectivity index (χ1v) is 16.6. The van der Waals surface area contributed by atoms with E-state index in [0.29, 0.717) is 0 Å². The first kappa shape index (κ1) is 28.2. The van der Waals surface area contributed by atoms with E-state index in [4.69, 9.17) is 13.8 Å². The van der Waals surface area contributed by atoms with Crippen molar-refractivity contribution < 1.29 is 8.83 Å². The van der Waals surface area contributed by atoms with Crippen molar-refractivity contribution in [3.05, 3.63) is 164 Å². The van der Waals surface area contributed by atoms with Gasteiger partial charge in [-0.25, -0.2) is 4.98 Å². The van der Waals surface area contributed by atoms with E-state index in [1.165, 1.54) is 0 Å². The molecule has 0 bridgehead atoms. The summed E-state index contributed by atoms with van der Waals surface area (Å²) >= 11 is 0. The number of nitrogens with zero attached hydrogens (tertiary/aromatic N) is 3. The largest absolute Gasteiger partial charge is 0.456 e. The second-order valence-electron chi connectivity index (χ2n) is 12.5. The standard InChI is InChI=1S/C45H27N3O2/c1-5-28(21-29(6-1)32-13-15-42-36(24-32)38-26-46-19-17-44(38)49-42)30-7-2-9-34(22-30)40-11-4-12-41(48-40)35-10-3-8-31(23-35)33-14-16-43-37(25-33)39-27-47-20-18-45(39)50-43/h1-27H. The lowest BCUT2D eigenvalue weighted by molar-refractivity contribution is 0.668. The molecular weight excluding hydrogens is 615 g/mol. The molecular formula is C45H27N3O2. The number of hydrogen-bond donors (Lipinski definition) is 0. The smallest absolute Gasteiger partial charge is 0.138 e. The maximum Gasteiger partial charge on any atom is 0.138 e. The molecule has 0 saturated heterocycles. The van der Waals surface area contributed by atoms with Gasteiger partial charge in [-0.1, -0.05) is 72.8 Å². The molecule has 0 aliphatic rings. The molecule has 0 saturated carbocycles. The number of rotatable bonds is 5. The minimum Gasteiger partial charge on any atom is -0.456 e. The van der Waals surface area contributed by atoms with Crippen LogP contribution in [0.5, 0.6) is 0 Å². The van der Waals surface area contributed by atoms with E-state index in [1.54, 1.807) is 12.4 Å². The Bertz CT molecular complexity index is 2700. The summed E-state index contributed by atoms with van der Waals surface area (Å²) in [6.07, 6.45) is 7.25. The van der Waals surface area contributed by atoms with Crippen molar-refractivity contribution in [2.75, 3.05) is 0 Å². The molecule has 5 heterocycles. The van der Waals surface area contributed by atoms with E-state index in [0.717, 1.165) is 99.8 Å². The Hall–Kier alpha value is -6.85. The molecule has 0 spiro atoms. The highest BCUT2D eigenvalue weighted by molar-refractivity contribution is 6.07. The lowest BCUT2D eigenvalue weighted by Gasteiger charge is -2.10. The summed E-state index contributed by atoms with van der Waals surface area (Å²) in [7, 11) is 0. The molecule has 0 aliphatic heterocycles. The third-order valence-electron chi connectivity index (χ3n) is 9.47. The van der Waals surface area contributed by atoms with Gasteiger partial charge in [0.05, 0.1) is 11.4 Å². The number of furan rings is 2. The van der Waals surface area contributed by atoms with E-state index in [-0.39, 0.29) is 0 Å². The predicted molar refractivity (Wildman–Crippen MR) is 202 cm³/mol. The van der Waals surface area contributed by atoms with Crippen LogP contribution in [0.25, 0.3) is 99.8 Å². The van der Waals surface area contributed by atoms with Crippen LogP contribution in [-0.4, -0.2) is 15.0 Å². The third-order valence-corrected chi connectivity index (χ3v) is 9.47. The van der Waals surface area contributed by atoms with Crippen LogP contribution in [-0.2, 0) is 0 Å². The van der Waals surface area contributed by atoms with Crippen LogP contribution in [0.4, 0.5) is 0 Å². The lowest BCUT2D eigenvalue weighted by Crippen LogP contribution is -1.89. The van der Waals surface area contributed by atoms with E-state index >= 15 is 0 Å². The summed E-state index contributed by atoms with van der Waals surface area (Å²) in [5.41, 5.74) is 14.2. The van der Waals surface area contributed by atoms with Gasteiger partial charge >= 0.3 is 0 Å². The van der Waals surface area contributed by atoms with Crippen LogP contribution in [0.2, 0.25) is 0 Å². The molecule has 5 heteroatoms. The van der Waals surface area contributed by atoms with Gasteiger partial charge in [-0.2, -0.15) is 0 Å². The molecule has 0 unspecified atom stereocenters. The summed E-state index contributed by atoms with van der Waals surface area (Å²) in [6.45, 7) is 0. The number of hydrogen-bond acceptors (Lipinski definition) is 5. The van der Waals surface area contributed by atoms with Gasteiger partial charge in [0.2, 0.25) is 0 Å². The zero-order chi connectivity index (χ0) is 33.0. The van der Waals surface area contributed by atoms with Gasteiger partial charge in [0.15, 0.2) is 0 Å². The monoisotopic (exact) mass is 641 g/mol. The Balaban J connectivity index is 0.968. The highest BCUT2D eigenvalue weighted by atomic mass is 16.3. The Morgan fingerprint density at radius 3 is 1.18 bits per heavy atom. The second kappa shape index (κ2) is 11.4. The van der Waals surface area contributed by atoms with Crippen LogP contribution < -0.4 is 0 Å². The Morgan fingerprint density at radius 2 is 0.700 bits per heavy atom. The quantitative estimate of drug-likeness (QED) is 0.187. The molecule has 0 fully saturated rings. The molecule has 10 aromatic rings. The summed E-state index contributed by atoms with van der Waals surface area (Å²) in [4.78, 5) is 13.8. The molecule has 10 rings (SSSR count). The predicted octanol–water partition coefficient (Wildman–Crippen LogP) is 12.0. The van der Waals surface area contributed by atoms with Crippen molar-refractivity contribution in [3.8, 4) is 55.9 Å². The lowest BCUT2D eigenvalue weighted by atomic mass is 9.96. The summed E-state index contributed by atoms with van der Waals surface area (Å²) < 4.78 is 12.1. The van der Waals surface area contributed by atoms with Gasteiger partial charge in [0.25, 0.3) is 0 Å². The fraction of sp³-hybridized carbons (Fsp3) is 0. The molecule has 0 N–H and O–H groups in total. The zero-order valence-corrected chi connectivity index (χ0v) is 26.7. The SMILES string of the molecule is c1cc(-c2cccc(-c3cccc(-c4cccc(-c5ccc6oc7ccncc7c6c5)c4)n3)c2)cc(-c2ccc3oc4ccncc4c3c2)c1. The van der Waals surface area contributed by atoms with E-state index in [1.807, 2.05) is 36.7 Å². The van der Waals surface area contributed by atoms with E-state index in [9.17, 15) is 0 Å². The molecule has 234 valence electrons. The van der Waals surface area contributed by atoms with Gasteiger partial charge in [-0.05, 0) is 100 Å². The number of pyridine rings is 3. The van der Waals surface area contributed by atoms with Gasteiger partial charge in [0, 0.05) is 57.5 Å². The van der Waals surface area contributed by atoms with Gasteiger partial charge < -0.3 is 8.83 Å². The van der Waals surface area contributed by atoms with Crippen LogP contribution in [0, 0.1) is 0 Å². The van der Waals surface area contributed by atoms with Gasteiger partial charge in [-0.15, -0.1) is 0 Å². The fourth-order valence-electron chi connectivity index (χ4n) is 6.95. The van der Waals surface area contributed by atoms with Gasteiger partial charge in [-0.3, -0.25) is 9.97 Å². The van der Waals surface area contributed by atoms with Crippen molar-refractivity contribution in [2.24, 2.45) is 0 Å². The highest BCUT2D eigenvalue weighted by Gasteiger charge is 2.12. The number of fused-ring (bicyclic) bond motifs is 6. The van der Waals surface area contributed by atoms with Crippen molar-refractivity contribution in [1.29, 1.82) is 0 Å². The zero-order valence-electron chi connectivity index (χ0n) is 26.7. The molecule has 0 radical (unpaired) electrons. The van der Waals surface area contributed by atoms with Crippen molar-refractivity contribution >= 4 is 43.9 Å². The van der Waals surface area contributed by atoms with Crippen LogP contribution in [0.1, 0.15) is 0 Å². The Kier molecular flexibility index (Phi) is 6.42. The molecule has 5 aromatic heterocycles. The normalized spacial score (nSPS) is 11.6. The first-order valence-electron chi connectivity index (χ1n) is 16.6. The maximum atomic E-state index is 6.03. The maximum absolute atomic E-state index is 6.03. The van der Waals surface area contributed by atoms with Crippen molar-refractivity contribution in [1.82, 2.24) is 15.0 Å². The molecule has 0 amide bonds. The summed E-state index contributed by atoms with van der Waals surface area (Å²) in [5, 5.41) is 4.18. The molecule has 5 nitrogen and oxygen atoms in total. The molecule has 0 atom stereocenters. The molecule has 50 heavy (non-hydrogen) atoms. The van der Waals surface area contributed by atoms with E-state index in [2.05, 4.69) is 125 Å². The van der Waals surface area contributed by atoms with Crippen molar-refractivity contribution in [3.63, 3.8) is 0 Å². The second-order valence-corrected chi connectivity index (χ2v) is 12.5. The molecule has 5 aromatic carbocycles. The topological polar surface area (TPSA) is 65.0 Å². The third kappa shape index (κ3) is 4.83. The average molecular weight is 642 g/mol. The highest BCUT2D eigenvalue weighted by Crippen LogP contribution is 2.36. The van der Waals surface area contributed by atoms with Crippen LogP contribution in [0.15, 0.2) is 173 Å². The Labute approximate surface area is 287 Å². The number of benzene rings is 5. The average Bonchev–Trinajstić information content (AvgIpc) is 3.76. The van der Waals surface area contributed by atoms with Crippen molar-refractivity contribution in [2.45, 2.75) is 0 Å². The minimum absolute atomic E-state index is 0.845. The first-order chi connectivity index (χ1) is 24.7. The minimum atomic E-state index is 0.845. The summed E-state index contributed by atoms with van der Waals surface area (Å²) in [5.74, 6) is 0. The Morgan fingerprint density at radius 1 is 0.320 bits per heavy atom. The summed E-state index contributed by atoms with van der Waals surface area (Å²) in [6, 6.07) is 48.6.